The molecule has 29 heavy (non-hydrogen) atoms. The number of nitrogens with two attached hydrogens (primary N) is 1. The van der Waals surface area contributed by atoms with Gasteiger partial charge < -0.3 is 15.0 Å². The number of aromatic nitrogens is 1. The maximum atomic E-state index is 13.4. The maximum Gasteiger partial charge on any atom is 0.258 e. The third-order valence-corrected chi connectivity index (χ3v) is 6.95. The lowest BCUT2D eigenvalue weighted by Gasteiger charge is -2.27. The summed E-state index contributed by atoms with van der Waals surface area (Å²) in [6.07, 6.45) is 0. The second-order valence-corrected chi connectivity index (χ2v) is 8.22. The second-order valence-electron chi connectivity index (χ2n) is 7.14. The van der Waals surface area contributed by atoms with Crippen LogP contribution in [0.3, 0.4) is 0 Å². The van der Waals surface area contributed by atoms with Crippen LogP contribution in [0, 0.1) is 18.3 Å². The minimum Gasteiger partial charge on any atom is -0.439 e. The number of pyridine rings is 1. The van der Waals surface area contributed by atoms with E-state index in [0.29, 0.717) is 11.3 Å². The van der Waals surface area contributed by atoms with Gasteiger partial charge in [-0.15, -0.1) is 11.3 Å². The first-order chi connectivity index (χ1) is 14.0. The number of aryl methyl sites for hydroxylation is 2. The molecule has 2 aromatic heterocycles. The fraction of sp³-hybridized carbons (Fsp3) is 0.130. The molecule has 6 heteroatoms. The highest BCUT2D eigenvalue weighted by Crippen LogP contribution is 2.47. The second kappa shape index (κ2) is 6.23. The maximum absolute atomic E-state index is 13.4. The van der Waals surface area contributed by atoms with E-state index >= 15 is 0 Å². The van der Waals surface area contributed by atoms with E-state index in [9.17, 15) is 10.1 Å². The first-order valence-corrected chi connectivity index (χ1v) is 10.0. The summed E-state index contributed by atoms with van der Waals surface area (Å²) in [6, 6.07) is 17.8. The summed E-state index contributed by atoms with van der Waals surface area (Å²) in [6.45, 7) is 2.03. The summed E-state index contributed by atoms with van der Waals surface area (Å²) in [4.78, 5) is 14.4. The van der Waals surface area contributed by atoms with Crippen LogP contribution in [0.5, 0.6) is 5.75 Å². The van der Waals surface area contributed by atoms with Gasteiger partial charge in [0.1, 0.15) is 17.4 Å². The first-order valence-electron chi connectivity index (χ1n) is 9.20. The zero-order chi connectivity index (χ0) is 20.3. The lowest BCUT2D eigenvalue weighted by Crippen LogP contribution is -2.31. The Hall–Kier alpha value is -3.56. The van der Waals surface area contributed by atoms with E-state index in [1.54, 1.807) is 23.0 Å². The Balaban J connectivity index is 1.93. The summed E-state index contributed by atoms with van der Waals surface area (Å²) in [7, 11) is 1.74. The molecular formula is C23H17N3O2S. The number of benzene rings is 2. The fourth-order valence-electron chi connectivity index (χ4n) is 4.16. The van der Waals surface area contributed by atoms with Gasteiger partial charge in [-0.3, -0.25) is 4.79 Å². The van der Waals surface area contributed by atoms with Gasteiger partial charge in [0.15, 0.2) is 0 Å². The first kappa shape index (κ1) is 17.5. The Bertz CT molecular complexity index is 1450. The van der Waals surface area contributed by atoms with Crippen molar-refractivity contribution in [1.82, 2.24) is 4.57 Å². The van der Waals surface area contributed by atoms with Crippen LogP contribution in [0.15, 0.2) is 64.8 Å². The van der Waals surface area contributed by atoms with Gasteiger partial charge in [0.2, 0.25) is 5.88 Å². The number of hydrogen-bond acceptors (Lipinski definition) is 5. The van der Waals surface area contributed by atoms with Gasteiger partial charge >= 0.3 is 0 Å². The van der Waals surface area contributed by atoms with Crippen molar-refractivity contribution in [1.29, 1.82) is 5.26 Å². The van der Waals surface area contributed by atoms with Crippen LogP contribution in [-0.2, 0) is 7.05 Å². The predicted molar refractivity (Wildman–Crippen MR) is 115 cm³/mol. The van der Waals surface area contributed by atoms with Crippen LogP contribution < -0.4 is 16.0 Å². The average molecular weight is 399 g/mol. The molecule has 5 rings (SSSR count). The van der Waals surface area contributed by atoms with Crippen molar-refractivity contribution >= 4 is 32.3 Å². The number of rotatable bonds is 1. The van der Waals surface area contributed by atoms with Gasteiger partial charge in [0.05, 0.1) is 17.0 Å². The van der Waals surface area contributed by atoms with Crippen LogP contribution in [0.4, 0.5) is 0 Å². The fourth-order valence-corrected chi connectivity index (χ4v) is 5.49. The molecule has 2 N–H and O–H groups in total. The van der Waals surface area contributed by atoms with Crippen molar-refractivity contribution in [3.63, 3.8) is 0 Å². The van der Waals surface area contributed by atoms with Gasteiger partial charge in [-0.1, -0.05) is 30.3 Å². The zero-order valence-electron chi connectivity index (χ0n) is 15.9. The van der Waals surface area contributed by atoms with Crippen LogP contribution in [-0.4, -0.2) is 4.57 Å². The smallest absolute Gasteiger partial charge is 0.258 e. The number of allylic oxidation sites excluding steroid dienone is 1. The normalized spacial score (nSPS) is 16.0. The minimum atomic E-state index is -0.551. The van der Waals surface area contributed by atoms with E-state index in [4.69, 9.17) is 10.5 Å². The summed E-state index contributed by atoms with van der Waals surface area (Å²) in [5, 5.41) is 11.8. The van der Waals surface area contributed by atoms with Gasteiger partial charge in [-0.2, -0.15) is 5.26 Å². The molecule has 1 atom stereocenters. The zero-order valence-corrected chi connectivity index (χ0v) is 16.7. The summed E-state index contributed by atoms with van der Waals surface area (Å²) < 4.78 is 8.60. The lowest BCUT2D eigenvalue weighted by atomic mass is 9.86. The van der Waals surface area contributed by atoms with Crippen molar-refractivity contribution in [3.05, 3.63) is 86.3 Å². The van der Waals surface area contributed by atoms with E-state index in [2.05, 4.69) is 12.1 Å². The SMILES string of the molecule is Cc1c([C@@H]2C(C#N)=C(N)Oc3c2c(=O)n(C)c2ccccc32)sc2ccccc12. The molecule has 4 aromatic rings. The van der Waals surface area contributed by atoms with Gasteiger partial charge in [-0.25, -0.2) is 0 Å². The predicted octanol–water partition coefficient (Wildman–Crippen LogP) is 4.28. The van der Waals surface area contributed by atoms with E-state index in [-0.39, 0.29) is 17.0 Å². The van der Waals surface area contributed by atoms with E-state index in [1.165, 1.54) is 0 Å². The van der Waals surface area contributed by atoms with Gasteiger partial charge in [0.25, 0.3) is 5.56 Å². The average Bonchev–Trinajstić information content (AvgIpc) is 3.07. The highest BCUT2D eigenvalue weighted by Gasteiger charge is 2.37. The molecule has 142 valence electrons. The molecule has 0 radical (unpaired) electrons. The van der Waals surface area contributed by atoms with Crippen molar-refractivity contribution in [2.24, 2.45) is 12.8 Å². The standard InChI is InChI=1S/C23H17N3O2S/c1-12-13-7-4-6-10-17(13)29-21(12)18-15(11-24)22(25)28-20-14-8-3-5-9-16(14)26(2)23(27)19(18)20/h3-10,18H,25H2,1-2H3/t18-/m1/s1. The number of para-hydroxylation sites is 1. The quantitative estimate of drug-likeness (QED) is 0.518. The van der Waals surface area contributed by atoms with Crippen molar-refractivity contribution in [2.75, 3.05) is 0 Å². The van der Waals surface area contributed by atoms with Crippen molar-refractivity contribution < 1.29 is 4.74 Å². The molecule has 0 aliphatic carbocycles. The van der Waals surface area contributed by atoms with E-state index in [1.807, 2.05) is 49.4 Å². The Morgan fingerprint density at radius 3 is 2.55 bits per heavy atom. The third-order valence-electron chi connectivity index (χ3n) is 5.61. The Labute approximate surface area is 170 Å². The van der Waals surface area contributed by atoms with Crippen molar-refractivity contribution in [3.8, 4) is 11.8 Å². The number of ether oxygens (including phenoxy) is 1. The van der Waals surface area contributed by atoms with Gasteiger partial charge in [0, 0.05) is 22.0 Å². The molecule has 0 saturated heterocycles. The van der Waals surface area contributed by atoms with Crippen molar-refractivity contribution in [2.45, 2.75) is 12.8 Å². The molecule has 0 amide bonds. The van der Waals surface area contributed by atoms with E-state index < -0.39 is 5.92 Å². The molecule has 0 fully saturated rings. The molecule has 5 nitrogen and oxygen atoms in total. The minimum absolute atomic E-state index is 0.0558. The molecular weight excluding hydrogens is 382 g/mol. The van der Waals surface area contributed by atoms with E-state index in [0.717, 1.165) is 31.4 Å². The molecule has 2 aromatic carbocycles. The molecule has 1 aliphatic heterocycles. The molecule has 0 spiro atoms. The number of nitriles is 1. The topological polar surface area (TPSA) is 81.0 Å². The Kier molecular flexibility index (Phi) is 3.76. The van der Waals surface area contributed by atoms with Crippen LogP contribution in [0.25, 0.3) is 21.0 Å². The molecule has 3 heterocycles. The molecule has 0 unspecified atom stereocenters. The number of nitrogens with zero attached hydrogens (tertiary/aromatic N) is 2. The molecule has 0 bridgehead atoms. The molecule has 1 aliphatic rings. The van der Waals surface area contributed by atoms with Crippen LogP contribution in [0.2, 0.25) is 0 Å². The highest BCUT2D eigenvalue weighted by molar-refractivity contribution is 7.19. The lowest BCUT2D eigenvalue weighted by molar-refractivity contribution is 0.396. The Morgan fingerprint density at radius 1 is 1.14 bits per heavy atom. The third kappa shape index (κ3) is 2.35. The molecule has 0 saturated carbocycles. The van der Waals surface area contributed by atoms with Crippen LogP contribution >= 0.6 is 11.3 Å². The highest BCUT2D eigenvalue weighted by atomic mass is 32.1. The largest absolute Gasteiger partial charge is 0.439 e. The summed E-state index contributed by atoms with van der Waals surface area (Å²) >= 11 is 1.59. The summed E-state index contributed by atoms with van der Waals surface area (Å²) in [5.74, 6) is -0.0493. The number of hydrogen-bond donors (Lipinski definition) is 1. The number of thiophene rings is 1. The Morgan fingerprint density at radius 2 is 1.83 bits per heavy atom. The monoisotopic (exact) mass is 399 g/mol. The number of fused-ring (bicyclic) bond motifs is 4. The summed E-state index contributed by atoms with van der Waals surface area (Å²) in [5.41, 5.74) is 8.56. The van der Waals surface area contributed by atoms with Crippen LogP contribution in [0.1, 0.15) is 21.9 Å². The van der Waals surface area contributed by atoms with Gasteiger partial charge in [-0.05, 0) is 36.1 Å².